The van der Waals surface area contributed by atoms with Gasteiger partial charge >= 0.3 is 23.9 Å². The molecule has 2 atom stereocenters. The van der Waals surface area contributed by atoms with Crippen LogP contribution in [0.25, 0.3) is 0 Å². The van der Waals surface area contributed by atoms with Gasteiger partial charge in [-0.25, -0.2) is 9.59 Å². The van der Waals surface area contributed by atoms with Crippen LogP contribution in [0, 0.1) is 0 Å². The second-order valence-electron chi connectivity index (χ2n) is 16.9. The molecule has 0 aromatic rings. The Kier molecular flexibility index (Phi) is 41.2. The third-order valence-corrected chi connectivity index (χ3v) is 10.2. The number of aliphatic hydroxyl groups excluding tert-OH is 1. The number of quaternary nitrogens is 2. The maximum Gasteiger partial charge on any atom is 0.362 e. The van der Waals surface area contributed by atoms with E-state index in [0.29, 0.717) is 67.7 Å². The Morgan fingerprint density at radius 3 is 1.50 bits per heavy atom. The van der Waals surface area contributed by atoms with E-state index in [-0.39, 0.29) is 61.8 Å². The Labute approximate surface area is 366 Å². The predicted molar refractivity (Wildman–Crippen MR) is 222 cm³/mol. The third-order valence-electron chi connectivity index (χ3n) is 10.2. The highest BCUT2D eigenvalue weighted by molar-refractivity contribution is 5.71. The van der Waals surface area contributed by atoms with Gasteiger partial charge in [-0.15, -0.1) is 0 Å². The van der Waals surface area contributed by atoms with Gasteiger partial charge in [-0.2, -0.15) is 0 Å². The van der Waals surface area contributed by atoms with E-state index in [1.807, 2.05) is 35.1 Å². The van der Waals surface area contributed by atoms with E-state index < -0.39 is 12.2 Å². The molecule has 0 spiro atoms. The fourth-order valence-corrected chi connectivity index (χ4v) is 6.51. The van der Waals surface area contributed by atoms with Gasteiger partial charge in [0.2, 0.25) is 0 Å². The van der Waals surface area contributed by atoms with Crippen molar-refractivity contribution >= 4 is 23.9 Å². The molecule has 0 rings (SSSR count). The van der Waals surface area contributed by atoms with Crippen molar-refractivity contribution in [2.24, 2.45) is 0 Å². The van der Waals surface area contributed by atoms with Crippen LogP contribution in [0.1, 0.15) is 162 Å². The van der Waals surface area contributed by atoms with Gasteiger partial charge in [-0.1, -0.05) is 103 Å². The van der Waals surface area contributed by atoms with Gasteiger partial charge in [0.1, 0.15) is 25.8 Å². The Morgan fingerprint density at radius 2 is 0.966 bits per heavy atom. The monoisotopic (exact) mass is 873 g/mol. The summed E-state index contributed by atoms with van der Waals surface area (Å²) >= 11 is 0. The van der Waals surface area contributed by atoms with Crippen LogP contribution in [0.15, 0.2) is 0 Å². The zero-order chi connectivity index (χ0) is 41.9. The first kappa shape index (κ1) is 60.6. The largest absolute Gasteiger partial charge is 1.00 e. The van der Waals surface area contributed by atoms with E-state index in [9.17, 15) is 24.3 Å². The Hall–Kier alpha value is -1.70. The second-order valence-corrected chi connectivity index (χ2v) is 16.9. The molecule has 0 aliphatic heterocycles. The van der Waals surface area contributed by atoms with Gasteiger partial charge in [0.05, 0.1) is 54.1 Å². The van der Waals surface area contributed by atoms with E-state index in [2.05, 4.69) is 6.92 Å². The lowest BCUT2D eigenvalue weighted by molar-refractivity contribution is -0.883. The lowest BCUT2D eigenvalue weighted by Gasteiger charge is -2.30. The first-order chi connectivity index (χ1) is 26.7. The average Bonchev–Trinajstić information content (AvgIpc) is 3.11. The molecular formula is C44H86Cl2N2O10. The molecule has 0 saturated heterocycles. The molecule has 0 bridgehead atoms. The molecule has 14 heteroatoms. The SMILES string of the molecule is CCCCCCCCC(OC(=O)C[N+](C)(C)CCOC(C)=O)C(O)CCCCCCCC(=O)OCCCCCCCCCCOC(=O)C[N+](C)(C)CCOCC.[Cl-].[Cl-]. The molecule has 0 amide bonds. The van der Waals surface area contributed by atoms with Crippen LogP contribution in [0.3, 0.4) is 0 Å². The summed E-state index contributed by atoms with van der Waals surface area (Å²) in [5.41, 5.74) is 0. The first-order valence-corrected chi connectivity index (χ1v) is 22.2. The second kappa shape index (κ2) is 39.4. The van der Waals surface area contributed by atoms with Gasteiger partial charge in [0, 0.05) is 20.0 Å². The lowest BCUT2D eigenvalue weighted by atomic mass is 9.99. The molecule has 0 saturated carbocycles. The fourth-order valence-electron chi connectivity index (χ4n) is 6.51. The first-order valence-electron chi connectivity index (χ1n) is 22.2. The van der Waals surface area contributed by atoms with Crippen LogP contribution in [0.2, 0.25) is 0 Å². The summed E-state index contributed by atoms with van der Waals surface area (Å²) < 4.78 is 28.1. The van der Waals surface area contributed by atoms with Crippen molar-refractivity contribution in [1.82, 2.24) is 0 Å². The summed E-state index contributed by atoms with van der Waals surface area (Å²) in [4.78, 5) is 48.3. The number of carbonyl (C=O) groups excluding carboxylic acids is 4. The molecule has 346 valence electrons. The summed E-state index contributed by atoms with van der Waals surface area (Å²) in [5.74, 6) is -0.952. The molecule has 0 heterocycles. The highest BCUT2D eigenvalue weighted by atomic mass is 35.5. The number of rotatable bonds is 39. The van der Waals surface area contributed by atoms with Gasteiger partial charge in [0.15, 0.2) is 13.1 Å². The molecule has 0 fully saturated rings. The van der Waals surface area contributed by atoms with Gasteiger partial charge in [0.25, 0.3) is 0 Å². The van der Waals surface area contributed by atoms with Crippen LogP contribution >= 0.6 is 0 Å². The number of carbonyl (C=O) groups is 4. The Bertz CT molecular complexity index is 1020. The molecule has 2 unspecified atom stereocenters. The fraction of sp³-hybridized carbons (Fsp3) is 0.909. The van der Waals surface area contributed by atoms with Gasteiger partial charge < -0.3 is 62.6 Å². The summed E-state index contributed by atoms with van der Waals surface area (Å²) in [6.07, 6.45) is 20.2. The van der Waals surface area contributed by atoms with E-state index in [0.717, 1.165) is 96.4 Å². The minimum Gasteiger partial charge on any atom is -1.00 e. The normalized spacial score (nSPS) is 12.5. The maximum absolute atomic E-state index is 12.9. The molecule has 0 aliphatic rings. The number of likely N-dealkylation sites (N-methyl/N-ethyl adjacent to an activating group) is 2. The van der Waals surface area contributed by atoms with Crippen molar-refractivity contribution in [2.45, 2.75) is 174 Å². The highest BCUT2D eigenvalue weighted by Gasteiger charge is 2.28. The van der Waals surface area contributed by atoms with Crippen molar-refractivity contribution in [3.05, 3.63) is 0 Å². The number of unbranched alkanes of at least 4 members (excludes halogenated alkanes) is 16. The van der Waals surface area contributed by atoms with Crippen LogP contribution in [0.5, 0.6) is 0 Å². The molecule has 0 radical (unpaired) electrons. The van der Waals surface area contributed by atoms with Crippen LogP contribution in [-0.4, -0.2) is 138 Å². The van der Waals surface area contributed by atoms with Gasteiger partial charge in [-0.3, -0.25) is 9.59 Å². The van der Waals surface area contributed by atoms with Crippen molar-refractivity contribution in [3.8, 4) is 0 Å². The topological polar surface area (TPSA) is 135 Å². The maximum atomic E-state index is 12.9. The highest BCUT2D eigenvalue weighted by Crippen LogP contribution is 2.19. The van der Waals surface area contributed by atoms with E-state index >= 15 is 0 Å². The van der Waals surface area contributed by atoms with Crippen LogP contribution in [0.4, 0.5) is 0 Å². The third kappa shape index (κ3) is 39.7. The van der Waals surface area contributed by atoms with Crippen molar-refractivity contribution in [3.63, 3.8) is 0 Å². The van der Waals surface area contributed by atoms with Crippen molar-refractivity contribution in [1.29, 1.82) is 0 Å². The van der Waals surface area contributed by atoms with E-state index in [4.69, 9.17) is 23.7 Å². The van der Waals surface area contributed by atoms with Crippen molar-refractivity contribution in [2.75, 3.05) is 87.4 Å². The molecule has 0 aromatic carbocycles. The molecule has 58 heavy (non-hydrogen) atoms. The average molecular weight is 874 g/mol. The zero-order valence-electron chi connectivity index (χ0n) is 37.8. The number of esters is 4. The molecule has 0 aromatic heterocycles. The number of halogens is 2. The smallest absolute Gasteiger partial charge is 0.362 e. The molecule has 12 nitrogen and oxygen atoms in total. The molecule has 1 N–H and O–H groups in total. The van der Waals surface area contributed by atoms with E-state index in [1.165, 1.54) is 39.0 Å². The standard InChI is InChI=1S/C44H86N2O10.2ClH/c1-8-10-11-12-19-24-29-41(56-44(51)38-46(6,7)32-36-53-39(3)47)40(48)28-23-18-17-20-25-30-42(49)54-33-26-21-15-13-14-16-22-27-34-55-43(50)37-45(4,5)31-35-52-9-2;;/h40-41,48H,8-38H2,1-7H3;2*1H/q+2;;/p-2. The molecule has 0 aliphatic carbocycles. The number of aliphatic hydroxyl groups is 1. The number of hydrogen-bond acceptors (Lipinski definition) is 10. The zero-order valence-corrected chi connectivity index (χ0v) is 39.4. The minimum atomic E-state index is -0.705. The van der Waals surface area contributed by atoms with Gasteiger partial charge in [-0.05, 0) is 45.4 Å². The predicted octanol–water partition coefficient (Wildman–Crippen LogP) is 1.71. The van der Waals surface area contributed by atoms with Crippen LogP contribution in [-0.2, 0) is 42.9 Å². The lowest BCUT2D eigenvalue weighted by Crippen LogP contribution is -3.00. The number of ether oxygens (including phenoxy) is 5. The summed E-state index contributed by atoms with van der Waals surface area (Å²) in [6, 6.07) is 0. The summed E-state index contributed by atoms with van der Waals surface area (Å²) in [6.45, 7) is 9.87. The number of hydrogen-bond donors (Lipinski definition) is 1. The quantitative estimate of drug-likeness (QED) is 0.0422. The Balaban J connectivity index is -0.0000151. The minimum absolute atomic E-state index is 0. The summed E-state index contributed by atoms with van der Waals surface area (Å²) in [5, 5.41) is 11.0. The number of nitrogens with zero attached hydrogens (tertiary/aromatic N) is 2. The van der Waals surface area contributed by atoms with Crippen LogP contribution < -0.4 is 24.8 Å². The van der Waals surface area contributed by atoms with E-state index in [1.54, 1.807) is 0 Å². The Morgan fingerprint density at radius 1 is 0.517 bits per heavy atom. The summed E-state index contributed by atoms with van der Waals surface area (Å²) in [7, 11) is 7.83. The van der Waals surface area contributed by atoms with Crippen molar-refractivity contribution < 1.29 is 81.7 Å². The molecular weight excluding hydrogens is 787 g/mol.